The zero-order valence-corrected chi connectivity index (χ0v) is 17.5. The van der Waals surface area contributed by atoms with E-state index in [1.165, 1.54) is 103 Å². The lowest BCUT2D eigenvalue weighted by molar-refractivity contribution is -0.134. The van der Waals surface area contributed by atoms with Crippen LogP contribution in [0.25, 0.3) is 0 Å². The van der Waals surface area contributed by atoms with E-state index in [1.807, 2.05) is 0 Å². The topological polar surface area (TPSA) is 101 Å². The highest BCUT2D eigenvalue weighted by Crippen LogP contribution is 2.13. The van der Waals surface area contributed by atoms with E-state index >= 15 is 0 Å². The number of hydrogen-bond donors (Lipinski definition) is 3. The van der Waals surface area contributed by atoms with Crippen molar-refractivity contribution in [2.75, 3.05) is 6.54 Å². The molecule has 0 aliphatic heterocycles. The molecular formula is C22H43NO4. The van der Waals surface area contributed by atoms with Gasteiger partial charge in [-0.1, -0.05) is 103 Å². The van der Waals surface area contributed by atoms with Gasteiger partial charge >= 0.3 is 11.9 Å². The van der Waals surface area contributed by atoms with Gasteiger partial charge in [0.25, 0.3) is 0 Å². The summed E-state index contributed by atoms with van der Waals surface area (Å²) in [6.07, 6.45) is 24.0. The van der Waals surface area contributed by atoms with Crippen LogP contribution in [-0.4, -0.2) is 28.7 Å². The molecule has 0 radical (unpaired) electrons. The second-order valence-corrected chi connectivity index (χ2v) is 7.10. The molecule has 0 spiro atoms. The van der Waals surface area contributed by atoms with Crippen LogP contribution in [0.4, 0.5) is 0 Å². The lowest BCUT2D eigenvalue weighted by atomic mass is 10.0. The van der Waals surface area contributed by atoms with Gasteiger partial charge in [0.2, 0.25) is 0 Å². The fourth-order valence-electron chi connectivity index (χ4n) is 2.84. The lowest BCUT2D eigenvalue weighted by Crippen LogP contribution is -1.97. The molecule has 0 aliphatic rings. The molecule has 5 heteroatoms. The molecule has 0 saturated carbocycles. The predicted octanol–water partition coefficient (Wildman–Crippen LogP) is 5.92. The Morgan fingerprint density at radius 1 is 0.593 bits per heavy atom. The van der Waals surface area contributed by atoms with Crippen LogP contribution in [0.2, 0.25) is 0 Å². The van der Waals surface area contributed by atoms with Crippen LogP contribution in [0.5, 0.6) is 0 Å². The van der Waals surface area contributed by atoms with E-state index in [-0.39, 0.29) is 0 Å². The zero-order chi connectivity index (χ0) is 20.6. The highest BCUT2D eigenvalue weighted by molar-refractivity contribution is 5.89. The van der Waals surface area contributed by atoms with Gasteiger partial charge < -0.3 is 15.9 Å². The Labute approximate surface area is 166 Å². The number of carbonyl (C=O) groups is 2. The Kier molecular flexibility index (Phi) is 25.4. The summed E-state index contributed by atoms with van der Waals surface area (Å²) < 4.78 is 0. The Morgan fingerprint density at radius 3 is 1.07 bits per heavy atom. The summed E-state index contributed by atoms with van der Waals surface area (Å²) in [5.41, 5.74) is 5.48. The first-order chi connectivity index (χ1) is 13.0. The molecular weight excluding hydrogens is 342 g/mol. The molecule has 0 amide bonds. The third-order valence-corrected chi connectivity index (χ3v) is 4.43. The standard InChI is InChI=1S/C18H39N.C4H4O4/c1-2-3-4-5-6-7-8-9-10-11-12-13-14-15-16-17-18-19;5-3(6)1-2-4(7)8/h2-19H2,1H3;1-2H,(H,5,6)(H,7,8). The molecule has 0 atom stereocenters. The van der Waals surface area contributed by atoms with Gasteiger partial charge in [0.1, 0.15) is 0 Å². The fourth-order valence-corrected chi connectivity index (χ4v) is 2.84. The molecule has 160 valence electrons. The molecule has 0 rings (SSSR count). The summed E-state index contributed by atoms with van der Waals surface area (Å²) in [7, 11) is 0. The van der Waals surface area contributed by atoms with Crippen molar-refractivity contribution >= 4 is 11.9 Å². The summed E-state index contributed by atoms with van der Waals surface area (Å²) in [5, 5.41) is 15.6. The van der Waals surface area contributed by atoms with Gasteiger partial charge in [0.05, 0.1) is 0 Å². The van der Waals surface area contributed by atoms with Gasteiger partial charge in [-0.3, -0.25) is 0 Å². The van der Waals surface area contributed by atoms with Crippen LogP contribution in [0.15, 0.2) is 12.2 Å². The van der Waals surface area contributed by atoms with Gasteiger partial charge in [0.15, 0.2) is 0 Å². The Balaban J connectivity index is 0. The van der Waals surface area contributed by atoms with Gasteiger partial charge in [-0.05, 0) is 13.0 Å². The Morgan fingerprint density at radius 2 is 0.852 bits per heavy atom. The lowest BCUT2D eigenvalue weighted by Gasteiger charge is -2.03. The number of hydrogen-bond acceptors (Lipinski definition) is 3. The van der Waals surface area contributed by atoms with Crippen LogP contribution in [0.3, 0.4) is 0 Å². The Hall–Kier alpha value is -1.36. The summed E-state index contributed by atoms with van der Waals surface area (Å²) in [4.78, 5) is 19.1. The number of nitrogens with two attached hydrogens (primary N) is 1. The molecule has 0 heterocycles. The quantitative estimate of drug-likeness (QED) is 0.201. The number of unbranched alkanes of at least 4 members (excludes halogenated alkanes) is 15. The SMILES string of the molecule is CCCCCCCCCCCCCCCCCCN.O=C(O)C=CC(=O)O. The maximum absolute atomic E-state index is 9.55. The predicted molar refractivity (Wildman–Crippen MR) is 113 cm³/mol. The average Bonchev–Trinajstić information content (AvgIpc) is 2.64. The second kappa shape index (κ2) is 24.6. The zero-order valence-electron chi connectivity index (χ0n) is 17.5. The fraction of sp³-hybridized carbons (Fsp3) is 0.818. The number of carboxylic acids is 2. The van der Waals surface area contributed by atoms with E-state index < -0.39 is 11.9 Å². The van der Waals surface area contributed by atoms with Gasteiger partial charge in [-0.2, -0.15) is 0 Å². The number of aliphatic carboxylic acids is 2. The highest BCUT2D eigenvalue weighted by Gasteiger charge is 1.94. The molecule has 0 fully saturated rings. The second-order valence-electron chi connectivity index (χ2n) is 7.10. The summed E-state index contributed by atoms with van der Waals surface area (Å²) in [5.74, 6) is -2.51. The average molecular weight is 386 g/mol. The van der Waals surface area contributed by atoms with Crippen molar-refractivity contribution < 1.29 is 19.8 Å². The Bertz CT molecular complexity index is 324. The molecule has 0 aromatic heterocycles. The van der Waals surface area contributed by atoms with Gasteiger partial charge in [0, 0.05) is 12.2 Å². The van der Waals surface area contributed by atoms with Crippen molar-refractivity contribution in [3.05, 3.63) is 12.2 Å². The van der Waals surface area contributed by atoms with Crippen molar-refractivity contribution in [3.63, 3.8) is 0 Å². The van der Waals surface area contributed by atoms with Crippen LogP contribution < -0.4 is 5.73 Å². The molecule has 27 heavy (non-hydrogen) atoms. The number of carboxylic acid groups (broad SMARTS) is 2. The summed E-state index contributed by atoms with van der Waals surface area (Å²) >= 11 is 0. The molecule has 0 unspecified atom stereocenters. The molecule has 0 aromatic carbocycles. The highest BCUT2D eigenvalue weighted by atomic mass is 16.4. The van der Waals surface area contributed by atoms with E-state index in [4.69, 9.17) is 15.9 Å². The monoisotopic (exact) mass is 385 g/mol. The van der Waals surface area contributed by atoms with Crippen LogP contribution in [-0.2, 0) is 9.59 Å². The normalized spacial score (nSPS) is 10.6. The van der Waals surface area contributed by atoms with Crippen molar-refractivity contribution in [1.82, 2.24) is 0 Å². The third-order valence-electron chi connectivity index (χ3n) is 4.43. The van der Waals surface area contributed by atoms with Crippen molar-refractivity contribution in [1.29, 1.82) is 0 Å². The summed E-state index contributed by atoms with van der Waals surface area (Å²) in [6, 6.07) is 0. The first-order valence-corrected chi connectivity index (χ1v) is 10.9. The van der Waals surface area contributed by atoms with Crippen molar-refractivity contribution in [2.24, 2.45) is 5.73 Å². The molecule has 5 nitrogen and oxygen atoms in total. The van der Waals surface area contributed by atoms with Crippen molar-refractivity contribution in [2.45, 2.75) is 110 Å². The van der Waals surface area contributed by atoms with Crippen molar-refractivity contribution in [3.8, 4) is 0 Å². The minimum absolute atomic E-state index is 0.558. The van der Waals surface area contributed by atoms with Gasteiger partial charge in [-0.25, -0.2) is 9.59 Å². The molecule has 0 aromatic rings. The molecule has 4 N–H and O–H groups in total. The molecule has 0 bridgehead atoms. The van der Waals surface area contributed by atoms with Crippen LogP contribution in [0, 0.1) is 0 Å². The molecule has 0 aliphatic carbocycles. The van der Waals surface area contributed by atoms with E-state index in [0.717, 1.165) is 6.54 Å². The molecule has 0 saturated heterocycles. The van der Waals surface area contributed by atoms with E-state index in [1.54, 1.807) is 0 Å². The first kappa shape index (κ1) is 27.9. The van der Waals surface area contributed by atoms with Gasteiger partial charge in [-0.15, -0.1) is 0 Å². The number of rotatable bonds is 18. The largest absolute Gasteiger partial charge is 0.478 e. The van der Waals surface area contributed by atoms with E-state index in [9.17, 15) is 9.59 Å². The van der Waals surface area contributed by atoms with Crippen LogP contribution in [0.1, 0.15) is 110 Å². The minimum Gasteiger partial charge on any atom is -0.478 e. The maximum atomic E-state index is 9.55. The van der Waals surface area contributed by atoms with E-state index in [0.29, 0.717) is 12.2 Å². The summed E-state index contributed by atoms with van der Waals surface area (Å²) in [6.45, 7) is 3.16. The first-order valence-electron chi connectivity index (χ1n) is 10.9. The smallest absolute Gasteiger partial charge is 0.328 e. The maximum Gasteiger partial charge on any atom is 0.328 e. The third kappa shape index (κ3) is 32.7. The minimum atomic E-state index is -1.26. The van der Waals surface area contributed by atoms with E-state index in [2.05, 4.69) is 6.92 Å². The van der Waals surface area contributed by atoms with Crippen LogP contribution >= 0.6 is 0 Å².